The summed E-state index contributed by atoms with van der Waals surface area (Å²) in [5.74, 6) is 0.676. The predicted octanol–water partition coefficient (Wildman–Crippen LogP) is 4.96. The molecule has 5 heteroatoms. The van der Waals surface area contributed by atoms with Crippen LogP contribution in [0, 0.1) is 6.92 Å². The summed E-state index contributed by atoms with van der Waals surface area (Å²) in [4.78, 5) is 16.8. The Bertz CT molecular complexity index is 888. The number of amides is 1. The molecule has 0 saturated carbocycles. The lowest BCUT2D eigenvalue weighted by atomic mass is 10.1. The monoisotopic (exact) mass is 354 g/mol. The Balaban J connectivity index is 1.69. The number of carbonyl (C=O) groups is 1. The summed E-state index contributed by atoms with van der Waals surface area (Å²) in [6, 6.07) is 13.8. The topological polar surface area (TPSA) is 55.1 Å². The van der Waals surface area contributed by atoms with Gasteiger partial charge in [0.2, 0.25) is 0 Å². The number of para-hydroxylation sites is 1. The lowest BCUT2D eigenvalue weighted by Gasteiger charge is -2.11. The molecule has 4 nitrogen and oxygen atoms in total. The number of rotatable bonds is 6. The molecule has 130 valence electrons. The van der Waals surface area contributed by atoms with Crippen LogP contribution in [0.3, 0.4) is 0 Å². The van der Waals surface area contributed by atoms with Crippen molar-refractivity contribution >= 4 is 28.8 Å². The van der Waals surface area contributed by atoms with Crippen LogP contribution >= 0.6 is 11.8 Å². The highest BCUT2D eigenvalue weighted by Gasteiger charge is 2.11. The quantitative estimate of drug-likeness (QED) is 0.636. The van der Waals surface area contributed by atoms with Crippen molar-refractivity contribution in [3.05, 3.63) is 59.2 Å². The number of oxazole rings is 1. The second-order valence-electron chi connectivity index (χ2n) is 6.17. The molecule has 0 spiro atoms. The first kappa shape index (κ1) is 17.5. The summed E-state index contributed by atoms with van der Waals surface area (Å²) < 4.78 is 5.79. The summed E-state index contributed by atoms with van der Waals surface area (Å²) in [5.41, 5.74) is 4.58. The second kappa shape index (κ2) is 7.74. The van der Waals surface area contributed by atoms with Crippen molar-refractivity contribution in [2.24, 2.45) is 0 Å². The van der Waals surface area contributed by atoms with Crippen molar-refractivity contribution in [3.8, 4) is 0 Å². The molecule has 1 atom stereocenters. The van der Waals surface area contributed by atoms with Gasteiger partial charge in [-0.15, -0.1) is 0 Å². The highest BCUT2D eigenvalue weighted by molar-refractivity contribution is 7.98. The third kappa shape index (κ3) is 4.23. The van der Waals surface area contributed by atoms with E-state index in [1.54, 1.807) is 0 Å². The van der Waals surface area contributed by atoms with Gasteiger partial charge in [-0.05, 0) is 49.6 Å². The van der Waals surface area contributed by atoms with Gasteiger partial charge in [-0.2, -0.15) is 0 Å². The van der Waals surface area contributed by atoms with E-state index in [2.05, 4.69) is 17.2 Å². The molecule has 0 fully saturated rings. The van der Waals surface area contributed by atoms with Crippen LogP contribution < -0.4 is 5.32 Å². The average molecular weight is 354 g/mol. The van der Waals surface area contributed by atoms with E-state index in [0.29, 0.717) is 16.5 Å². The van der Waals surface area contributed by atoms with Crippen LogP contribution in [0.1, 0.15) is 41.8 Å². The van der Waals surface area contributed by atoms with Crippen LogP contribution in [-0.2, 0) is 5.75 Å². The zero-order valence-electron chi connectivity index (χ0n) is 14.7. The summed E-state index contributed by atoms with van der Waals surface area (Å²) in [6.07, 6.45) is 0.915. The van der Waals surface area contributed by atoms with Gasteiger partial charge in [0.05, 0.1) is 0 Å². The first-order valence-electron chi connectivity index (χ1n) is 8.45. The largest absolute Gasteiger partial charge is 0.431 e. The third-order valence-corrected chi connectivity index (χ3v) is 5.04. The third-order valence-electron chi connectivity index (χ3n) is 4.14. The molecule has 2 aromatic carbocycles. The first-order valence-corrected chi connectivity index (χ1v) is 9.44. The molecule has 3 aromatic rings. The summed E-state index contributed by atoms with van der Waals surface area (Å²) in [5, 5.41) is 3.65. The normalized spacial score (nSPS) is 12.3. The van der Waals surface area contributed by atoms with E-state index in [1.807, 2.05) is 56.3 Å². The highest BCUT2D eigenvalue weighted by atomic mass is 32.2. The molecule has 1 amide bonds. The smallest absolute Gasteiger partial charge is 0.257 e. The Morgan fingerprint density at radius 1 is 1.28 bits per heavy atom. The summed E-state index contributed by atoms with van der Waals surface area (Å²) in [6.45, 7) is 6.09. The molecule has 0 aliphatic heterocycles. The van der Waals surface area contributed by atoms with E-state index < -0.39 is 0 Å². The van der Waals surface area contributed by atoms with Crippen molar-refractivity contribution in [1.29, 1.82) is 0 Å². The van der Waals surface area contributed by atoms with Gasteiger partial charge < -0.3 is 9.73 Å². The molecule has 1 aromatic heterocycles. The van der Waals surface area contributed by atoms with Gasteiger partial charge in [-0.3, -0.25) is 4.79 Å². The zero-order chi connectivity index (χ0) is 17.8. The standard InChI is InChI=1S/C20H22N2O2S/c1-4-14(3)21-19(23)16-9-6-8-15(11-16)12-25-20-22-18-13(2)7-5-10-17(18)24-20/h5-11,14H,4,12H2,1-3H3,(H,21,23)/t14-/m0/s1. The van der Waals surface area contributed by atoms with Crippen molar-refractivity contribution in [1.82, 2.24) is 10.3 Å². The number of aromatic nitrogens is 1. The number of thioether (sulfide) groups is 1. The number of benzene rings is 2. The molecular weight excluding hydrogens is 332 g/mol. The van der Waals surface area contributed by atoms with Crippen molar-refractivity contribution in [2.45, 2.75) is 44.2 Å². The van der Waals surface area contributed by atoms with Crippen LogP contribution in [0.4, 0.5) is 0 Å². The van der Waals surface area contributed by atoms with Crippen LogP contribution in [-0.4, -0.2) is 16.9 Å². The van der Waals surface area contributed by atoms with E-state index in [0.717, 1.165) is 28.6 Å². The first-order chi connectivity index (χ1) is 12.1. The molecule has 0 bridgehead atoms. The van der Waals surface area contributed by atoms with E-state index >= 15 is 0 Å². The summed E-state index contributed by atoms with van der Waals surface area (Å²) in [7, 11) is 0. The lowest BCUT2D eigenvalue weighted by Crippen LogP contribution is -2.31. The minimum Gasteiger partial charge on any atom is -0.431 e. The van der Waals surface area contributed by atoms with Crippen molar-refractivity contribution in [3.63, 3.8) is 0 Å². The minimum atomic E-state index is -0.0290. The Labute approximate surface area is 152 Å². The van der Waals surface area contributed by atoms with Gasteiger partial charge in [0, 0.05) is 17.4 Å². The maximum absolute atomic E-state index is 12.2. The maximum Gasteiger partial charge on any atom is 0.257 e. The minimum absolute atomic E-state index is 0.0290. The molecule has 0 radical (unpaired) electrons. The molecular formula is C20H22N2O2S. The molecule has 0 aliphatic rings. The Morgan fingerprint density at radius 2 is 2.08 bits per heavy atom. The van der Waals surface area contributed by atoms with Crippen LogP contribution in [0.2, 0.25) is 0 Å². The maximum atomic E-state index is 12.2. The Hall–Kier alpha value is -2.27. The van der Waals surface area contributed by atoms with E-state index in [9.17, 15) is 4.79 Å². The number of nitrogens with zero attached hydrogens (tertiary/aromatic N) is 1. The van der Waals surface area contributed by atoms with E-state index in [-0.39, 0.29) is 11.9 Å². The molecule has 25 heavy (non-hydrogen) atoms. The molecule has 1 N–H and O–H groups in total. The predicted molar refractivity (Wildman–Crippen MR) is 102 cm³/mol. The average Bonchev–Trinajstić information content (AvgIpc) is 3.04. The number of hydrogen-bond donors (Lipinski definition) is 1. The number of carbonyl (C=O) groups excluding carboxylic acids is 1. The molecule has 0 saturated heterocycles. The van der Waals surface area contributed by atoms with Gasteiger partial charge >= 0.3 is 0 Å². The van der Waals surface area contributed by atoms with Gasteiger partial charge in [0.15, 0.2) is 5.58 Å². The Morgan fingerprint density at radius 3 is 2.84 bits per heavy atom. The van der Waals surface area contributed by atoms with Crippen LogP contribution in [0.15, 0.2) is 52.1 Å². The van der Waals surface area contributed by atoms with Crippen LogP contribution in [0.5, 0.6) is 0 Å². The van der Waals surface area contributed by atoms with Gasteiger partial charge in [0.25, 0.3) is 11.1 Å². The number of nitrogens with one attached hydrogen (secondary N) is 1. The molecule has 1 heterocycles. The van der Waals surface area contributed by atoms with Crippen molar-refractivity contribution in [2.75, 3.05) is 0 Å². The molecule has 0 aliphatic carbocycles. The Kier molecular flexibility index (Phi) is 5.43. The fourth-order valence-electron chi connectivity index (χ4n) is 2.48. The fraction of sp³-hybridized carbons (Fsp3) is 0.300. The van der Waals surface area contributed by atoms with Gasteiger partial charge in [-0.1, -0.05) is 43.0 Å². The van der Waals surface area contributed by atoms with Crippen molar-refractivity contribution < 1.29 is 9.21 Å². The lowest BCUT2D eigenvalue weighted by molar-refractivity contribution is 0.0939. The SMILES string of the molecule is CC[C@H](C)NC(=O)c1cccc(CSc2nc3c(C)cccc3o2)c1. The van der Waals surface area contributed by atoms with Gasteiger partial charge in [0.1, 0.15) is 5.52 Å². The van der Waals surface area contributed by atoms with Crippen LogP contribution in [0.25, 0.3) is 11.1 Å². The number of aryl methyl sites for hydroxylation is 1. The second-order valence-corrected chi connectivity index (χ2v) is 7.10. The highest BCUT2D eigenvalue weighted by Crippen LogP contribution is 2.27. The molecule has 0 unspecified atom stereocenters. The zero-order valence-corrected chi connectivity index (χ0v) is 15.5. The van der Waals surface area contributed by atoms with Gasteiger partial charge in [-0.25, -0.2) is 4.98 Å². The van der Waals surface area contributed by atoms with E-state index in [4.69, 9.17) is 4.42 Å². The number of fused-ring (bicyclic) bond motifs is 1. The fourth-order valence-corrected chi connectivity index (χ4v) is 3.26. The molecule has 3 rings (SSSR count). The number of hydrogen-bond acceptors (Lipinski definition) is 4. The van der Waals surface area contributed by atoms with E-state index in [1.165, 1.54) is 11.8 Å². The summed E-state index contributed by atoms with van der Waals surface area (Å²) >= 11 is 1.54.